The van der Waals surface area contributed by atoms with Crippen molar-refractivity contribution >= 4 is 5.97 Å². The molecular weight excluding hydrogens is 180 g/mol. The van der Waals surface area contributed by atoms with E-state index in [0.717, 1.165) is 5.56 Å². The molecule has 1 atom stereocenters. The minimum atomic E-state index is -0.435. The monoisotopic (exact) mass is 194 g/mol. The molecule has 0 spiro atoms. The number of hydrogen-bond donors (Lipinski definition) is 1. The highest BCUT2D eigenvalue weighted by atomic mass is 16.5. The zero-order chi connectivity index (χ0) is 10.4. The molecule has 0 fully saturated rings. The normalized spacial score (nSPS) is 12.1. The number of benzene rings is 1. The van der Waals surface area contributed by atoms with Crippen LogP contribution >= 0.6 is 0 Å². The Morgan fingerprint density at radius 3 is 2.57 bits per heavy atom. The molecule has 0 aromatic heterocycles. The quantitative estimate of drug-likeness (QED) is 0.731. The fraction of sp³-hybridized carbons (Fsp3) is 0.364. The van der Waals surface area contributed by atoms with Crippen molar-refractivity contribution in [1.82, 2.24) is 0 Å². The second-order valence-electron chi connectivity index (χ2n) is 3.10. The minimum Gasteiger partial charge on any atom is -0.460 e. The lowest BCUT2D eigenvalue weighted by molar-refractivity contribution is -0.148. The summed E-state index contributed by atoms with van der Waals surface area (Å²) in [6.45, 7) is 1.20. The summed E-state index contributed by atoms with van der Waals surface area (Å²) in [4.78, 5) is 10.7. The fourth-order valence-electron chi connectivity index (χ4n) is 1.26. The summed E-state index contributed by atoms with van der Waals surface area (Å²) in [5.74, 6) is -0.361. The molecule has 0 heterocycles. The first-order chi connectivity index (χ1) is 6.72. The molecule has 0 radical (unpaired) electrons. The number of carbonyl (C=O) groups is 1. The van der Waals surface area contributed by atoms with Crippen LogP contribution in [0, 0.1) is 0 Å². The number of ether oxygens (including phenoxy) is 1. The molecule has 0 aliphatic rings. The van der Waals surface area contributed by atoms with Gasteiger partial charge in [-0.2, -0.15) is 0 Å². The summed E-state index contributed by atoms with van der Waals surface area (Å²) >= 11 is 0. The van der Waals surface area contributed by atoms with Crippen molar-refractivity contribution in [3.63, 3.8) is 0 Å². The number of hydrogen-bond acceptors (Lipinski definition) is 3. The van der Waals surface area contributed by atoms with Gasteiger partial charge in [-0.15, -0.1) is 0 Å². The molecule has 3 heteroatoms. The van der Waals surface area contributed by atoms with E-state index >= 15 is 0 Å². The summed E-state index contributed by atoms with van der Waals surface area (Å²) in [7, 11) is 0. The maximum atomic E-state index is 10.7. The Labute approximate surface area is 83.3 Å². The van der Waals surface area contributed by atoms with Crippen LogP contribution in [0.2, 0.25) is 0 Å². The summed E-state index contributed by atoms with van der Waals surface area (Å²) in [5, 5.41) is 8.96. The first-order valence-corrected chi connectivity index (χ1v) is 4.54. The maximum Gasteiger partial charge on any atom is 0.302 e. The van der Waals surface area contributed by atoms with Crippen LogP contribution in [-0.2, 0) is 16.0 Å². The average molecular weight is 194 g/mol. The van der Waals surface area contributed by atoms with Gasteiger partial charge in [0.05, 0.1) is 6.61 Å². The van der Waals surface area contributed by atoms with Crippen molar-refractivity contribution < 1.29 is 14.6 Å². The Morgan fingerprint density at radius 1 is 1.43 bits per heavy atom. The van der Waals surface area contributed by atoms with Crippen LogP contribution in [0.1, 0.15) is 12.5 Å². The predicted octanol–water partition coefficient (Wildman–Crippen LogP) is 1.15. The summed E-state index contributed by atoms with van der Waals surface area (Å²) in [5.41, 5.74) is 1.05. The van der Waals surface area contributed by atoms with E-state index in [0.29, 0.717) is 6.42 Å². The van der Waals surface area contributed by atoms with Crippen molar-refractivity contribution in [2.75, 3.05) is 6.61 Å². The first kappa shape index (κ1) is 10.7. The van der Waals surface area contributed by atoms with Crippen molar-refractivity contribution in [2.45, 2.75) is 19.4 Å². The highest BCUT2D eigenvalue weighted by Crippen LogP contribution is 2.05. The van der Waals surface area contributed by atoms with Gasteiger partial charge in [0.15, 0.2) is 0 Å². The molecule has 1 aromatic carbocycles. The number of aliphatic hydroxyl groups is 1. The minimum absolute atomic E-state index is 0.144. The lowest BCUT2D eigenvalue weighted by Gasteiger charge is -2.13. The average Bonchev–Trinajstić information content (AvgIpc) is 2.17. The SMILES string of the molecule is CC(=O)O[C@@H](CO)Cc1ccccc1. The van der Waals surface area contributed by atoms with Crippen LogP contribution in [0.5, 0.6) is 0 Å². The Morgan fingerprint density at radius 2 is 2.07 bits per heavy atom. The molecule has 0 amide bonds. The van der Waals surface area contributed by atoms with Gasteiger partial charge in [0.1, 0.15) is 6.10 Å². The van der Waals surface area contributed by atoms with Gasteiger partial charge in [-0.1, -0.05) is 30.3 Å². The van der Waals surface area contributed by atoms with Crippen LogP contribution < -0.4 is 0 Å². The van der Waals surface area contributed by atoms with E-state index in [1.54, 1.807) is 0 Å². The summed E-state index contributed by atoms with van der Waals surface area (Å²) in [6, 6.07) is 9.62. The fourth-order valence-corrected chi connectivity index (χ4v) is 1.26. The van der Waals surface area contributed by atoms with E-state index < -0.39 is 6.10 Å². The number of esters is 1. The van der Waals surface area contributed by atoms with Crippen LogP contribution in [0.25, 0.3) is 0 Å². The van der Waals surface area contributed by atoms with Gasteiger partial charge in [0, 0.05) is 13.3 Å². The molecule has 0 aliphatic heterocycles. The van der Waals surface area contributed by atoms with E-state index in [-0.39, 0.29) is 12.6 Å². The van der Waals surface area contributed by atoms with Crippen LogP contribution in [0.15, 0.2) is 30.3 Å². The lowest BCUT2D eigenvalue weighted by Crippen LogP contribution is -2.22. The van der Waals surface area contributed by atoms with Gasteiger partial charge in [0.25, 0.3) is 0 Å². The van der Waals surface area contributed by atoms with E-state index in [9.17, 15) is 4.79 Å². The molecule has 14 heavy (non-hydrogen) atoms. The van der Waals surface area contributed by atoms with E-state index in [1.807, 2.05) is 30.3 Å². The van der Waals surface area contributed by atoms with Crippen molar-refractivity contribution in [2.24, 2.45) is 0 Å². The van der Waals surface area contributed by atoms with E-state index in [1.165, 1.54) is 6.92 Å². The molecule has 0 saturated carbocycles. The Bertz CT molecular complexity index is 282. The first-order valence-electron chi connectivity index (χ1n) is 4.54. The zero-order valence-corrected chi connectivity index (χ0v) is 8.14. The largest absolute Gasteiger partial charge is 0.460 e. The maximum absolute atomic E-state index is 10.7. The second kappa shape index (κ2) is 5.40. The third-order valence-electron chi connectivity index (χ3n) is 1.84. The highest BCUT2D eigenvalue weighted by Gasteiger charge is 2.10. The van der Waals surface area contributed by atoms with Gasteiger partial charge >= 0.3 is 5.97 Å². The van der Waals surface area contributed by atoms with Gasteiger partial charge in [-0.25, -0.2) is 0 Å². The topological polar surface area (TPSA) is 46.5 Å². The van der Waals surface area contributed by atoms with Crippen molar-refractivity contribution in [3.8, 4) is 0 Å². The number of aliphatic hydroxyl groups excluding tert-OH is 1. The van der Waals surface area contributed by atoms with Gasteiger partial charge in [0.2, 0.25) is 0 Å². The summed E-state index contributed by atoms with van der Waals surface area (Å²) in [6.07, 6.45) is 0.117. The lowest BCUT2D eigenvalue weighted by atomic mass is 10.1. The summed E-state index contributed by atoms with van der Waals surface area (Å²) < 4.78 is 4.91. The highest BCUT2D eigenvalue weighted by molar-refractivity contribution is 5.66. The molecule has 0 saturated heterocycles. The molecular formula is C11H14O3. The Balaban J connectivity index is 2.53. The third-order valence-corrected chi connectivity index (χ3v) is 1.84. The van der Waals surface area contributed by atoms with Crippen LogP contribution in [0.4, 0.5) is 0 Å². The smallest absolute Gasteiger partial charge is 0.302 e. The van der Waals surface area contributed by atoms with Gasteiger partial charge in [-0.3, -0.25) is 4.79 Å². The molecule has 3 nitrogen and oxygen atoms in total. The van der Waals surface area contributed by atoms with Gasteiger partial charge in [-0.05, 0) is 5.56 Å². The van der Waals surface area contributed by atoms with Crippen molar-refractivity contribution in [1.29, 1.82) is 0 Å². The number of carbonyl (C=O) groups excluding carboxylic acids is 1. The van der Waals surface area contributed by atoms with E-state index in [4.69, 9.17) is 9.84 Å². The van der Waals surface area contributed by atoms with E-state index in [2.05, 4.69) is 0 Å². The second-order valence-corrected chi connectivity index (χ2v) is 3.10. The standard InChI is InChI=1S/C11H14O3/c1-9(13)14-11(8-12)7-10-5-3-2-4-6-10/h2-6,11-12H,7-8H2,1H3/t11-/m1/s1. The predicted molar refractivity (Wildman–Crippen MR) is 52.8 cm³/mol. The van der Waals surface area contributed by atoms with Crippen molar-refractivity contribution in [3.05, 3.63) is 35.9 Å². The third kappa shape index (κ3) is 3.58. The molecule has 1 aromatic rings. The molecule has 1 N–H and O–H groups in total. The Hall–Kier alpha value is -1.35. The molecule has 0 aliphatic carbocycles. The van der Waals surface area contributed by atoms with Crippen LogP contribution in [-0.4, -0.2) is 23.8 Å². The Kier molecular flexibility index (Phi) is 4.13. The van der Waals surface area contributed by atoms with Gasteiger partial charge < -0.3 is 9.84 Å². The van der Waals surface area contributed by atoms with Crippen LogP contribution in [0.3, 0.4) is 0 Å². The molecule has 0 bridgehead atoms. The zero-order valence-electron chi connectivity index (χ0n) is 8.14. The number of rotatable bonds is 4. The molecule has 76 valence electrons. The molecule has 1 rings (SSSR count). The molecule has 0 unspecified atom stereocenters.